The molecule has 0 amide bonds. The molecule has 0 aliphatic rings. The number of hydrogen-bond acceptors (Lipinski definition) is 1. The number of hydrogen-bond donors (Lipinski definition) is 0. The van der Waals surface area contributed by atoms with E-state index < -0.39 is 0 Å². The molecule has 16 heavy (non-hydrogen) atoms. The summed E-state index contributed by atoms with van der Waals surface area (Å²) in [6, 6.07) is 17.8. The van der Waals surface area contributed by atoms with Crippen molar-refractivity contribution in [2.45, 2.75) is 0 Å². The molecule has 1 nitrogen and oxygen atoms in total. The maximum atomic E-state index is 10.6. The van der Waals surface area contributed by atoms with Crippen molar-refractivity contribution in [3.05, 3.63) is 65.7 Å². The molecule has 0 atom stereocenters. The normalized spacial score (nSPS) is 11.0. The molecular formula is C14H11OP. The third-order valence-corrected chi connectivity index (χ3v) is 2.78. The molecule has 0 N–H and O–H groups in total. The molecule has 0 saturated carbocycles. The van der Waals surface area contributed by atoms with Gasteiger partial charge in [0.25, 0.3) is 0 Å². The highest BCUT2D eigenvalue weighted by molar-refractivity contribution is 7.34. The van der Waals surface area contributed by atoms with Gasteiger partial charge in [-0.3, -0.25) is 4.57 Å². The fourth-order valence-electron chi connectivity index (χ4n) is 1.40. The minimum absolute atomic E-state index is 0.0725. The Balaban J connectivity index is 2.14. The van der Waals surface area contributed by atoms with Crippen molar-refractivity contribution >= 4 is 25.9 Å². The van der Waals surface area contributed by atoms with Crippen molar-refractivity contribution in [3.8, 4) is 0 Å². The first-order valence-corrected chi connectivity index (χ1v) is 5.86. The lowest BCUT2D eigenvalue weighted by molar-refractivity contribution is 0.603. The zero-order valence-electron chi connectivity index (χ0n) is 8.71. The van der Waals surface area contributed by atoms with Gasteiger partial charge in [0, 0.05) is 5.30 Å². The lowest BCUT2D eigenvalue weighted by Gasteiger charge is -1.94. The van der Waals surface area contributed by atoms with E-state index in [1.807, 2.05) is 48.5 Å². The van der Waals surface area contributed by atoms with Gasteiger partial charge in [-0.1, -0.05) is 54.6 Å². The fourth-order valence-corrected chi connectivity index (χ4v) is 1.67. The van der Waals surface area contributed by atoms with Gasteiger partial charge in [0.05, 0.1) is 0 Å². The number of benzene rings is 2. The molecule has 0 fully saturated rings. The van der Waals surface area contributed by atoms with Gasteiger partial charge in [-0.05, 0) is 23.3 Å². The molecule has 78 valence electrons. The standard InChI is InChI=1S/C14H11OP/c15-16-14-10-8-13(9-11-14)7-6-12-4-2-1-3-5-12/h1-11H. The summed E-state index contributed by atoms with van der Waals surface area (Å²) in [5.74, 6) is 0. The van der Waals surface area contributed by atoms with Crippen LogP contribution in [0.1, 0.15) is 11.1 Å². The molecule has 0 unspecified atom stereocenters. The van der Waals surface area contributed by atoms with Gasteiger partial charge in [0.2, 0.25) is 0 Å². The lowest BCUT2D eigenvalue weighted by Crippen LogP contribution is -1.88. The van der Waals surface area contributed by atoms with Crippen LogP contribution in [-0.2, 0) is 4.57 Å². The summed E-state index contributed by atoms with van der Waals surface area (Å²) in [6.07, 6.45) is 4.10. The summed E-state index contributed by atoms with van der Waals surface area (Å²) in [6.45, 7) is 0. The van der Waals surface area contributed by atoms with E-state index in [4.69, 9.17) is 0 Å². The average Bonchev–Trinajstić information content (AvgIpc) is 2.38. The SMILES string of the molecule is O=Pc1ccc(C=Cc2ccccc2)cc1. The molecule has 0 saturated heterocycles. The molecule has 0 aliphatic carbocycles. The van der Waals surface area contributed by atoms with Crippen LogP contribution in [0.4, 0.5) is 0 Å². The van der Waals surface area contributed by atoms with Gasteiger partial charge >= 0.3 is 0 Å². The second-order valence-corrected chi connectivity index (χ2v) is 4.13. The zero-order chi connectivity index (χ0) is 11.2. The first kappa shape index (κ1) is 10.8. The van der Waals surface area contributed by atoms with Gasteiger partial charge < -0.3 is 0 Å². The molecule has 0 heterocycles. The van der Waals surface area contributed by atoms with E-state index in [-0.39, 0.29) is 8.46 Å². The van der Waals surface area contributed by atoms with Crippen LogP contribution in [0.3, 0.4) is 0 Å². The lowest BCUT2D eigenvalue weighted by atomic mass is 10.1. The Kier molecular flexibility index (Phi) is 3.63. The van der Waals surface area contributed by atoms with Crippen LogP contribution < -0.4 is 5.30 Å². The minimum atomic E-state index is 0.0725. The first-order valence-electron chi connectivity index (χ1n) is 5.05. The van der Waals surface area contributed by atoms with E-state index >= 15 is 0 Å². The predicted octanol–water partition coefficient (Wildman–Crippen LogP) is 3.77. The molecular weight excluding hydrogens is 215 g/mol. The second kappa shape index (κ2) is 5.39. The van der Waals surface area contributed by atoms with Crippen LogP contribution in [0.5, 0.6) is 0 Å². The van der Waals surface area contributed by atoms with Crippen molar-refractivity contribution in [3.63, 3.8) is 0 Å². The summed E-state index contributed by atoms with van der Waals surface area (Å²) in [5.41, 5.74) is 2.28. The van der Waals surface area contributed by atoms with Crippen LogP contribution >= 0.6 is 8.46 Å². The molecule has 0 bridgehead atoms. The van der Waals surface area contributed by atoms with E-state index in [9.17, 15) is 4.57 Å². The first-order chi connectivity index (χ1) is 7.88. The average molecular weight is 226 g/mol. The Bertz CT molecular complexity index is 486. The van der Waals surface area contributed by atoms with E-state index in [0.717, 1.165) is 10.9 Å². The van der Waals surface area contributed by atoms with Crippen LogP contribution in [0.2, 0.25) is 0 Å². The van der Waals surface area contributed by atoms with Gasteiger partial charge in [-0.2, -0.15) is 0 Å². The zero-order valence-corrected chi connectivity index (χ0v) is 9.60. The van der Waals surface area contributed by atoms with Crippen molar-refractivity contribution in [2.75, 3.05) is 0 Å². The summed E-state index contributed by atoms with van der Waals surface area (Å²) in [7, 11) is 0.0725. The molecule has 2 aromatic rings. The Morgan fingerprint density at radius 3 is 1.88 bits per heavy atom. The fraction of sp³-hybridized carbons (Fsp3) is 0. The Labute approximate surface area is 96.6 Å². The Morgan fingerprint density at radius 2 is 1.31 bits per heavy atom. The van der Waals surface area contributed by atoms with E-state index in [1.165, 1.54) is 5.56 Å². The van der Waals surface area contributed by atoms with E-state index in [1.54, 1.807) is 0 Å². The number of rotatable bonds is 3. The smallest absolute Gasteiger partial charge is 0.192 e. The highest BCUT2D eigenvalue weighted by Gasteiger charge is 1.90. The van der Waals surface area contributed by atoms with Gasteiger partial charge in [0.15, 0.2) is 8.46 Å². The quantitative estimate of drug-likeness (QED) is 0.575. The van der Waals surface area contributed by atoms with Crippen LogP contribution in [0.25, 0.3) is 12.2 Å². The second-order valence-electron chi connectivity index (χ2n) is 3.43. The molecule has 0 radical (unpaired) electrons. The van der Waals surface area contributed by atoms with Crippen LogP contribution in [0.15, 0.2) is 54.6 Å². The van der Waals surface area contributed by atoms with Crippen molar-refractivity contribution in [1.29, 1.82) is 0 Å². The van der Waals surface area contributed by atoms with Gasteiger partial charge in [-0.15, -0.1) is 0 Å². The third-order valence-electron chi connectivity index (χ3n) is 2.27. The highest BCUT2D eigenvalue weighted by Crippen LogP contribution is 2.08. The molecule has 0 aliphatic heterocycles. The summed E-state index contributed by atoms with van der Waals surface area (Å²) in [5, 5.41) is 0.803. The van der Waals surface area contributed by atoms with Crippen molar-refractivity contribution < 1.29 is 4.57 Å². The Morgan fingerprint density at radius 1 is 0.750 bits per heavy atom. The van der Waals surface area contributed by atoms with Crippen LogP contribution in [0, 0.1) is 0 Å². The van der Waals surface area contributed by atoms with Gasteiger partial charge in [0.1, 0.15) is 0 Å². The predicted molar refractivity (Wildman–Crippen MR) is 69.1 cm³/mol. The van der Waals surface area contributed by atoms with E-state index in [0.29, 0.717) is 0 Å². The van der Waals surface area contributed by atoms with Crippen molar-refractivity contribution in [1.82, 2.24) is 0 Å². The third kappa shape index (κ3) is 2.88. The maximum absolute atomic E-state index is 10.6. The molecule has 2 rings (SSSR count). The summed E-state index contributed by atoms with van der Waals surface area (Å²) >= 11 is 0. The topological polar surface area (TPSA) is 17.1 Å². The van der Waals surface area contributed by atoms with Crippen molar-refractivity contribution in [2.24, 2.45) is 0 Å². The maximum Gasteiger partial charge on any atom is 0.192 e. The highest BCUT2D eigenvalue weighted by atomic mass is 31.1. The minimum Gasteiger partial charge on any atom is -0.269 e. The molecule has 2 heteroatoms. The summed E-state index contributed by atoms with van der Waals surface area (Å²) < 4.78 is 10.6. The Hall–Kier alpha value is -1.72. The molecule has 0 aromatic heterocycles. The largest absolute Gasteiger partial charge is 0.269 e. The summed E-state index contributed by atoms with van der Waals surface area (Å²) in [4.78, 5) is 0. The monoisotopic (exact) mass is 226 g/mol. The molecule has 0 spiro atoms. The van der Waals surface area contributed by atoms with Gasteiger partial charge in [-0.25, -0.2) is 0 Å². The van der Waals surface area contributed by atoms with Crippen LogP contribution in [-0.4, -0.2) is 0 Å². The van der Waals surface area contributed by atoms with E-state index in [2.05, 4.69) is 18.2 Å². The molecule has 2 aromatic carbocycles.